The molecule has 110 valence electrons. The molecule has 1 aromatic heterocycles. The minimum Gasteiger partial charge on any atom is -0.497 e. The Morgan fingerprint density at radius 1 is 1.18 bits per heavy atom. The SMILES string of the molecule is COc1cccc(C(=O)Nc2ccnc3c(Cl)cccc23)c1. The zero-order valence-electron chi connectivity index (χ0n) is 11.8. The summed E-state index contributed by atoms with van der Waals surface area (Å²) in [5.41, 5.74) is 1.85. The lowest BCUT2D eigenvalue weighted by Crippen LogP contribution is -2.12. The molecule has 1 amide bonds. The summed E-state index contributed by atoms with van der Waals surface area (Å²) >= 11 is 6.13. The van der Waals surface area contributed by atoms with Gasteiger partial charge in [-0.3, -0.25) is 9.78 Å². The van der Waals surface area contributed by atoms with Gasteiger partial charge >= 0.3 is 0 Å². The lowest BCUT2D eigenvalue weighted by atomic mass is 10.1. The van der Waals surface area contributed by atoms with Gasteiger partial charge in [-0.1, -0.05) is 29.8 Å². The van der Waals surface area contributed by atoms with E-state index in [1.165, 1.54) is 0 Å². The van der Waals surface area contributed by atoms with Crippen molar-refractivity contribution in [1.82, 2.24) is 4.98 Å². The topological polar surface area (TPSA) is 51.2 Å². The Kier molecular flexibility index (Phi) is 3.94. The number of pyridine rings is 1. The first-order chi connectivity index (χ1) is 10.7. The van der Waals surface area contributed by atoms with Crippen LogP contribution in [0.4, 0.5) is 5.69 Å². The van der Waals surface area contributed by atoms with Crippen LogP contribution in [0.1, 0.15) is 10.4 Å². The van der Waals surface area contributed by atoms with Crippen molar-refractivity contribution in [1.29, 1.82) is 0 Å². The van der Waals surface area contributed by atoms with Crippen molar-refractivity contribution < 1.29 is 9.53 Å². The number of benzene rings is 2. The number of carbonyl (C=O) groups excluding carboxylic acids is 1. The van der Waals surface area contributed by atoms with Gasteiger partial charge in [0.1, 0.15) is 5.75 Å². The van der Waals surface area contributed by atoms with Crippen molar-refractivity contribution in [2.75, 3.05) is 12.4 Å². The van der Waals surface area contributed by atoms with Gasteiger partial charge in [0.05, 0.1) is 23.3 Å². The van der Waals surface area contributed by atoms with Crippen LogP contribution in [0, 0.1) is 0 Å². The molecule has 0 saturated carbocycles. The Hall–Kier alpha value is -2.59. The second-order valence-electron chi connectivity index (χ2n) is 4.68. The lowest BCUT2D eigenvalue weighted by molar-refractivity contribution is 0.102. The maximum atomic E-state index is 12.4. The van der Waals surface area contributed by atoms with Crippen molar-refractivity contribution in [2.45, 2.75) is 0 Å². The van der Waals surface area contributed by atoms with Crippen molar-refractivity contribution in [3.63, 3.8) is 0 Å². The van der Waals surface area contributed by atoms with Crippen LogP contribution in [0.3, 0.4) is 0 Å². The molecule has 0 atom stereocenters. The van der Waals surface area contributed by atoms with Crippen LogP contribution in [-0.4, -0.2) is 18.0 Å². The zero-order chi connectivity index (χ0) is 15.5. The van der Waals surface area contributed by atoms with Crippen molar-refractivity contribution >= 4 is 34.1 Å². The van der Waals surface area contributed by atoms with Gasteiger partial charge in [-0.05, 0) is 30.3 Å². The summed E-state index contributed by atoms with van der Waals surface area (Å²) in [6.07, 6.45) is 1.62. The molecular formula is C17H13ClN2O2. The summed E-state index contributed by atoms with van der Waals surface area (Å²) in [6.45, 7) is 0. The second-order valence-corrected chi connectivity index (χ2v) is 5.09. The maximum absolute atomic E-state index is 12.4. The van der Waals surface area contributed by atoms with Gasteiger partial charge < -0.3 is 10.1 Å². The highest BCUT2D eigenvalue weighted by Gasteiger charge is 2.10. The first-order valence-electron chi connectivity index (χ1n) is 6.67. The number of carbonyl (C=O) groups is 1. The van der Waals surface area contributed by atoms with Crippen LogP contribution in [-0.2, 0) is 0 Å². The van der Waals surface area contributed by atoms with E-state index in [1.54, 1.807) is 49.7 Å². The molecule has 2 aromatic carbocycles. The van der Waals surface area contributed by atoms with E-state index in [0.717, 1.165) is 5.39 Å². The second kappa shape index (κ2) is 6.03. The van der Waals surface area contributed by atoms with E-state index < -0.39 is 0 Å². The number of hydrogen-bond donors (Lipinski definition) is 1. The standard InChI is InChI=1S/C17H13ClN2O2/c1-22-12-5-2-4-11(10-12)17(21)20-15-8-9-19-16-13(15)6-3-7-14(16)18/h2-10H,1H3,(H,19,20,21). The number of amides is 1. The summed E-state index contributed by atoms with van der Waals surface area (Å²) < 4.78 is 5.13. The molecule has 0 aliphatic heterocycles. The summed E-state index contributed by atoms with van der Waals surface area (Å²) in [4.78, 5) is 16.6. The highest BCUT2D eigenvalue weighted by atomic mass is 35.5. The average molecular weight is 313 g/mol. The summed E-state index contributed by atoms with van der Waals surface area (Å²) in [6, 6.07) is 14.2. The zero-order valence-corrected chi connectivity index (χ0v) is 12.6. The van der Waals surface area contributed by atoms with Crippen LogP contribution < -0.4 is 10.1 Å². The van der Waals surface area contributed by atoms with E-state index in [2.05, 4.69) is 10.3 Å². The summed E-state index contributed by atoms with van der Waals surface area (Å²) in [7, 11) is 1.56. The van der Waals surface area contributed by atoms with Crippen LogP contribution in [0.15, 0.2) is 54.7 Å². The molecule has 0 aliphatic carbocycles. The molecule has 0 bridgehead atoms. The molecule has 0 saturated heterocycles. The molecule has 22 heavy (non-hydrogen) atoms. The Balaban J connectivity index is 1.96. The Morgan fingerprint density at radius 3 is 2.82 bits per heavy atom. The smallest absolute Gasteiger partial charge is 0.255 e. The van der Waals surface area contributed by atoms with E-state index >= 15 is 0 Å². The number of methoxy groups -OCH3 is 1. The fourth-order valence-corrected chi connectivity index (χ4v) is 2.43. The Labute approximate surface area is 132 Å². The molecule has 0 fully saturated rings. The minimum atomic E-state index is -0.216. The predicted molar refractivity (Wildman–Crippen MR) is 87.7 cm³/mol. The molecule has 4 nitrogen and oxygen atoms in total. The van der Waals surface area contributed by atoms with Gasteiger partial charge in [0.15, 0.2) is 0 Å². The molecule has 0 unspecified atom stereocenters. The quantitative estimate of drug-likeness (QED) is 0.790. The van der Waals surface area contributed by atoms with Crippen molar-refractivity contribution in [2.24, 2.45) is 0 Å². The summed E-state index contributed by atoms with van der Waals surface area (Å²) in [5, 5.41) is 4.23. The normalized spacial score (nSPS) is 10.5. The molecule has 1 N–H and O–H groups in total. The third-order valence-corrected chi connectivity index (χ3v) is 3.61. The number of anilines is 1. The molecule has 0 aliphatic rings. The van der Waals surface area contributed by atoms with Gasteiger partial charge in [-0.15, -0.1) is 0 Å². The fraction of sp³-hybridized carbons (Fsp3) is 0.0588. The van der Waals surface area contributed by atoms with E-state index in [1.807, 2.05) is 12.1 Å². The number of fused-ring (bicyclic) bond motifs is 1. The molecule has 0 radical (unpaired) electrons. The number of aromatic nitrogens is 1. The highest BCUT2D eigenvalue weighted by Crippen LogP contribution is 2.27. The number of halogens is 1. The number of rotatable bonds is 3. The van der Waals surface area contributed by atoms with E-state index in [9.17, 15) is 4.79 Å². The first kappa shape index (κ1) is 14.4. The van der Waals surface area contributed by atoms with Gasteiger partial charge in [0, 0.05) is 17.1 Å². The van der Waals surface area contributed by atoms with E-state index in [4.69, 9.17) is 16.3 Å². The lowest BCUT2D eigenvalue weighted by Gasteiger charge is -2.09. The van der Waals surface area contributed by atoms with Gasteiger partial charge in [-0.25, -0.2) is 0 Å². The average Bonchev–Trinajstić information content (AvgIpc) is 2.56. The third-order valence-electron chi connectivity index (χ3n) is 3.30. The van der Waals surface area contributed by atoms with Gasteiger partial charge in [0.2, 0.25) is 0 Å². The Bertz CT molecular complexity index is 849. The van der Waals surface area contributed by atoms with Crippen LogP contribution in [0.5, 0.6) is 5.75 Å². The molecular weight excluding hydrogens is 300 g/mol. The molecule has 3 rings (SSSR count). The maximum Gasteiger partial charge on any atom is 0.255 e. The minimum absolute atomic E-state index is 0.216. The highest BCUT2D eigenvalue weighted by molar-refractivity contribution is 6.35. The summed E-state index contributed by atoms with van der Waals surface area (Å²) in [5.74, 6) is 0.418. The van der Waals surface area contributed by atoms with Crippen LogP contribution in [0.25, 0.3) is 10.9 Å². The van der Waals surface area contributed by atoms with Crippen molar-refractivity contribution in [3.05, 3.63) is 65.3 Å². The number of ether oxygens (including phenoxy) is 1. The van der Waals surface area contributed by atoms with Gasteiger partial charge in [-0.2, -0.15) is 0 Å². The monoisotopic (exact) mass is 312 g/mol. The molecule has 3 aromatic rings. The number of nitrogens with one attached hydrogen (secondary N) is 1. The number of nitrogens with zero attached hydrogens (tertiary/aromatic N) is 1. The number of hydrogen-bond acceptors (Lipinski definition) is 3. The largest absolute Gasteiger partial charge is 0.497 e. The number of para-hydroxylation sites is 1. The first-order valence-corrected chi connectivity index (χ1v) is 7.05. The fourth-order valence-electron chi connectivity index (χ4n) is 2.21. The van der Waals surface area contributed by atoms with Crippen molar-refractivity contribution in [3.8, 4) is 5.75 Å². The molecule has 5 heteroatoms. The molecule has 1 heterocycles. The van der Waals surface area contributed by atoms with E-state index in [0.29, 0.717) is 27.5 Å². The molecule has 0 spiro atoms. The predicted octanol–water partition coefficient (Wildman–Crippen LogP) is 4.15. The van der Waals surface area contributed by atoms with Crippen LogP contribution >= 0.6 is 11.6 Å². The van der Waals surface area contributed by atoms with E-state index in [-0.39, 0.29) is 5.91 Å². The van der Waals surface area contributed by atoms with Crippen LogP contribution in [0.2, 0.25) is 5.02 Å². The Morgan fingerprint density at radius 2 is 2.00 bits per heavy atom. The third kappa shape index (κ3) is 2.73. The van der Waals surface area contributed by atoms with Gasteiger partial charge in [0.25, 0.3) is 5.91 Å².